The molecule has 2 fully saturated rings. The number of guanidine groups is 1. The molecule has 3 heterocycles. The predicted molar refractivity (Wildman–Crippen MR) is 120 cm³/mol. The highest BCUT2D eigenvalue weighted by Gasteiger charge is 2.25. The molecular formula is C19H35IN6O. The second-order valence-corrected chi connectivity index (χ2v) is 7.65. The minimum Gasteiger partial charge on any atom is -0.370 e. The van der Waals surface area contributed by atoms with E-state index in [2.05, 4.69) is 32.1 Å². The van der Waals surface area contributed by atoms with Crippen LogP contribution in [-0.4, -0.2) is 78.5 Å². The summed E-state index contributed by atoms with van der Waals surface area (Å²) in [6, 6.07) is 0. The van der Waals surface area contributed by atoms with Crippen LogP contribution in [0.15, 0.2) is 17.4 Å². The number of nitrogens with zero attached hydrogens (tertiary/aromatic N) is 5. The summed E-state index contributed by atoms with van der Waals surface area (Å²) in [6.45, 7) is 9.37. The molecule has 0 bridgehead atoms. The lowest BCUT2D eigenvalue weighted by Crippen LogP contribution is -2.49. The van der Waals surface area contributed by atoms with E-state index in [1.165, 1.54) is 38.9 Å². The summed E-state index contributed by atoms with van der Waals surface area (Å²) in [5.74, 6) is 1.59. The number of piperidine rings is 1. The van der Waals surface area contributed by atoms with Crippen LogP contribution in [0, 0.1) is 5.92 Å². The van der Waals surface area contributed by atoms with Crippen LogP contribution in [0.4, 0.5) is 0 Å². The molecule has 0 amide bonds. The summed E-state index contributed by atoms with van der Waals surface area (Å²) in [7, 11) is 3.81. The van der Waals surface area contributed by atoms with Gasteiger partial charge in [0.15, 0.2) is 5.96 Å². The van der Waals surface area contributed by atoms with Crippen LogP contribution >= 0.6 is 24.0 Å². The molecule has 154 valence electrons. The highest BCUT2D eigenvalue weighted by atomic mass is 127. The molecule has 2 aliphatic heterocycles. The maximum Gasteiger partial charge on any atom is 0.193 e. The first kappa shape index (κ1) is 22.4. The second-order valence-electron chi connectivity index (χ2n) is 7.65. The summed E-state index contributed by atoms with van der Waals surface area (Å²) in [6.07, 6.45) is 8.08. The van der Waals surface area contributed by atoms with Gasteiger partial charge in [0, 0.05) is 45.5 Å². The molecule has 2 atom stereocenters. The highest BCUT2D eigenvalue weighted by Crippen LogP contribution is 2.21. The Kier molecular flexibility index (Phi) is 9.31. The topological polar surface area (TPSA) is 57.9 Å². The molecule has 2 unspecified atom stereocenters. The minimum atomic E-state index is 0. The monoisotopic (exact) mass is 490 g/mol. The van der Waals surface area contributed by atoms with Crippen LogP contribution in [0.25, 0.3) is 0 Å². The number of aromatic nitrogens is 2. The number of likely N-dealkylation sites (tertiary alicyclic amines) is 1. The number of morpholine rings is 1. The number of hydrogen-bond acceptors (Lipinski definition) is 4. The molecule has 0 aliphatic carbocycles. The van der Waals surface area contributed by atoms with Gasteiger partial charge in [0.1, 0.15) is 6.10 Å². The van der Waals surface area contributed by atoms with Crippen LogP contribution in [0.2, 0.25) is 0 Å². The molecule has 1 aromatic heterocycles. The van der Waals surface area contributed by atoms with Crippen molar-refractivity contribution in [2.75, 3.05) is 52.9 Å². The maximum atomic E-state index is 5.94. The van der Waals surface area contributed by atoms with E-state index < -0.39 is 0 Å². The molecular weight excluding hydrogens is 455 g/mol. The van der Waals surface area contributed by atoms with Crippen LogP contribution in [-0.2, 0) is 11.8 Å². The Morgan fingerprint density at radius 1 is 1.33 bits per heavy atom. The third-order valence-corrected chi connectivity index (χ3v) is 5.30. The number of ether oxygens (including phenoxy) is 1. The Bertz CT molecular complexity index is 587. The van der Waals surface area contributed by atoms with E-state index in [1.807, 2.05) is 31.2 Å². The first-order chi connectivity index (χ1) is 12.7. The fourth-order valence-corrected chi connectivity index (χ4v) is 3.89. The molecule has 0 aromatic carbocycles. The van der Waals surface area contributed by atoms with Crippen molar-refractivity contribution in [1.29, 1.82) is 0 Å². The molecule has 0 radical (unpaired) electrons. The van der Waals surface area contributed by atoms with Crippen LogP contribution in [0.5, 0.6) is 0 Å². The molecule has 1 N–H and O–H groups in total. The van der Waals surface area contributed by atoms with Crippen LogP contribution in [0.3, 0.4) is 0 Å². The fraction of sp³-hybridized carbons (Fsp3) is 0.789. The van der Waals surface area contributed by atoms with Gasteiger partial charge in [-0.1, -0.05) is 13.3 Å². The summed E-state index contributed by atoms with van der Waals surface area (Å²) in [4.78, 5) is 9.41. The van der Waals surface area contributed by atoms with Crippen LogP contribution in [0.1, 0.15) is 37.9 Å². The predicted octanol–water partition coefficient (Wildman–Crippen LogP) is 2.11. The Morgan fingerprint density at radius 2 is 2.11 bits per heavy atom. The van der Waals surface area contributed by atoms with Crippen molar-refractivity contribution >= 4 is 29.9 Å². The van der Waals surface area contributed by atoms with E-state index in [1.54, 1.807) is 0 Å². The number of nitrogens with one attached hydrogen (secondary N) is 1. The maximum absolute atomic E-state index is 5.94. The Hall–Kier alpha value is -0.870. The summed E-state index contributed by atoms with van der Waals surface area (Å²) in [5.41, 5.74) is 1.13. The van der Waals surface area contributed by atoms with Gasteiger partial charge < -0.3 is 19.9 Å². The zero-order chi connectivity index (χ0) is 18.4. The van der Waals surface area contributed by atoms with Gasteiger partial charge in [-0.05, 0) is 31.8 Å². The Labute approximate surface area is 180 Å². The van der Waals surface area contributed by atoms with Crippen molar-refractivity contribution in [3.05, 3.63) is 18.0 Å². The van der Waals surface area contributed by atoms with Crippen LogP contribution < -0.4 is 5.32 Å². The van der Waals surface area contributed by atoms with Crippen molar-refractivity contribution < 1.29 is 4.74 Å². The largest absolute Gasteiger partial charge is 0.370 e. The third kappa shape index (κ3) is 6.60. The number of halogens is 1. The second kappa shape index (κ2) is 11.2. The summed E-state index contributed by atoms with van der Waals surface area (Å²) < 4.78 is 7.77. The van der Waals surface area contributed by atoms with Crippen molar-refractivity contribution in [1.82, 2.24) is 24.9 Å². The first-order valence-electron chi connectivity index (χ1n) is 9.94. The molecule has 0 saturated carbocycles. The lowest BCUT2D eigenvalue weighted by atomic mass is 10.1. The summed E-state index contributed by atoms with van der Waals surface area (Å²) in [5, 5.41) is 7.84. The van der Waals surface area contributed by atoms with Crippen molar-refractivity contribution in [2.24, 2.45) is 18.0 Å². The molecule has 3 rings (SSSR count). The Balaban J connectivity index is 0.00000261. The molecule has 27 heavy (non-hydrogen) atoms. The average Bonchev–Trinajstić information content (AvgIpc) is 3.10. The average molecular weight is 490 g/mol. The van der Waals surface area contributed by atoms with Gasteiger partial charge in [-0.3, -0.25) is 9.67 Å². The van der Waals surface area contributed by atoms with Gasteiger partial charge in [-0.2, -0.15) is 5.10 Å². The van der Waals surface area contributed by atoms with Crippen molar-refractivity contribution in [3.63, 3.8) is 0 Å². The quantitative estimate of drug-likeness (QED) is 0.390. The Morgan fingerprint density at radius 3 is 2.78 bits per heavy atom. The van der Waals surface area contributed by atoms with Gasteiger partial charge in [0.25, 0.3) is 0 Å². The van der Waals surface area contributed by atoms with Gasteiger partial charge in [-0.25, -0.2) is 0 Å². The molecule has 1 aromatic rings. The number of hydrogen-bond donors (Lipinski definition) is 1. The van der Waals surface area contributed by atoms with E-state index in [9.17, 15) is 0 Å². The highest BCUT2D eigenvalue weighted by molar-refractivity contribution is 14.0. The van der Waals surface area contributed by atoms with Gasteiger partial charge in [-0.15, -0.1) is 24.0 Å². The lowest BCUT2D eigenvalue weighted by Gasteiger charge is -2.35. The lowest BCUT2D eigenvalue weighted by molar-refractivity contribution is -0.00809. The van der Waals surface area contributed by atoms with E-state index in [-0.39, 0.29) is 30.1 Å². The SMILES string of the molecule is CN=C(NCC(C)CN1CCCCC1)N1CCOC(c2cnn(C)c2)C1.I. The molecule has 0 spiro atoms. The zero-order valence-corrected chi connectivity index (χ0v) is 19.3. The van der Waals surface area contributed by atoms with Crippen molar-refractivity contribution in [3.8, 4) is 0 Å². The molecule has 7 nitrogen and oxygen atoms in total. The van der Waals surface area contributed by atoms with Crippen molar-refractivity contribution in [2.45, 2.75) is 32.3 Å². The molecule has 2 aliphatic rings. The zero-order valence-electron chi connectivity index (χ0n) is 16.9. The number of aryl methyl sites for hydroxylation is 1. The standard InChI is InChI=1S/C19H34N6O.HI/c1-16(13-24-7-5-4-6-8-24)11-21-19(20-2)25-9-10-26-18(15-25)17-12-22-23(3)14-17;/h12,14,16,18H,4-11,13,15H2,1-3H3,(H,20,21);1H. The number of rotatable bonds is 5. The minimum absolute atomic E-state index is 0. The van der Waals surface area contributed by atoms with E-state index in [0.29, 0.717) is 12.5 Å². The smallest absolute Gasteiger partial charge is 0.193 e. The van der Waals surface area contributed by atoms with Gasteiger partial charge >= 0.3 is 0 Å². The third-order valence-electron chi connectivity index (χ3n) is 5.30. The fourth-order valence-electron chi connectivity index (χ4n) is 3.89. The van der Waals surface area contributed by atoms with E-state index in [0.717, 1.165) is 31.2 Å². The summed E-state index contributed by atoms with van der Waals surface area (Å²) >= 11 is 0. The van der Waals surface area contributed by atoms with Gasteiger partial charge in [0.05, 0.1) is 19.3 Å². The molecule has 8 heteroatoms. The normalized spacial score (nSPS) is 23.0. The molecule has 2 saturated heterocycles. The number of aliphatic imine (C=N–C) groups is 1. The first-order valence-corrected chi connectivity index (χ1v) is 9.94. The van der Waals surface area contributed by atoms with Gasteiger partial charge in [0.2, 0.25) is 0 Å². The van der Waals surface area contributed by atoms with E-state index >= 15 is 0 Å². The van der Waals surface area contributed by atoms with E-state index in [4.69, 9.17) is 4.74 Å².